The molecule has 5 heteroatoms. The molecule has 0 aliphatic carbocycles. The van der Waals surface area contributed by atoms with E-state index in [9.17, 15) is 0 Å². The maximum absolute atomic E-state index is 4.41. The van der Waals surface area contributed by atoms with Crippen molar-refractivity contribution in [3.63, 3.8) is 0 Å². The van der Waals surface area contributed by atoms with Gasteiger partial charge in [0, 0.05) is 25.0 Å². The van der Waals surface area contributed by atoms with Crippen LogP contribution < -0.4 is 10.6 Å². The smallest absolute Gasteiger partial charge is 0.152 e. The van der Waals surface area contributed by atoms with E-state index in [0.29, 0.717) is 6.04 Å². The first-order valence-corrected chi connectivity index (χ1v) is 6.11. The van der Waals surface area contributed by atoms with Gasteiger partial charge >= 0.3 is 0 Å². The molecule has 17 heavy (non-hydrogen) atoms. The van der Waals surface area contributed by atoms with E-state index in [-0.39, 0.29) is 0 Å². The lowest BCUT2D eigenvalue weighted by Crippen LogP contribution is -2.38. The van der Waals surface area contributed by atoms with Crippen LogP contribution in [0.15, 0.2) is 18.5 Å². The molecular weight excluding hydrogens is 214 g/mol. The van der Waals surface area contributed by atoms with Gasteiger partial charge in [-0.1, -0.05) is 0 Å². The standard InChI is InChI=1S/C12H17N5/c1-9-7-11-12(14-5-6-17(11)16-9)15-10-3-2-4-13-8-10/h5-7,10,13H,2-4,8H2,1H3,(H,14,15). The predicted octanol–water partition coefficient (Wildman–Crippen LogP) is 1.20. The zero-order valence-electron chi connectivity index (χ0n) is 9.98. The predicted molar refractivity (Wildman–Crippen MR) is 67.2 cm³/mol. The summed E-state index contributed by atoms with van der Waals surface area (Å²) in [6.07, 6.45) is 6.09. The Morgan fingerprint density at radius 3 is 3.29 bits per heavy atom. The molecule has 2 aromatic heterocycles. The highest BCUT2D eigenvalue weighted by Crippen LogP contribution is 2.17. The van der Waals surface area contributed by atoms with Gasteiger partial charge in [0.1, 0.15) is 5.52 Å². The molecule has 90 valence electrons. The first-order valence-electron chi connectivity index (χ1n) is 6.11. The van der Waals surface area contributed by atoms with E-state index in [2.05, 4.69) is 26.8 Å². The van der Waals surface area contributed by atoms with Crippen molar-refractivity contribution in [2.24, 2.45) is 0 Å². The molecule has 0 amide bonds. The Bertz CT molecular complexity index is 513. The van der Waals surface area contributed by atoms with E-state index >= 15 is 0 Å². The molecule has 1 fully saturated rings. The van der Waals surface area contributed by atoms with Crippen molar-refractivity contribution in [1.82, 2.24) is 19.9 Å². The summed E-state index contributed by atoms with van der Waals surface area (Å²) in [5.41, 5.74) is 2.07. The highest BCUT2D eigenvalue weighted by molar-refractivity contribution is 5.68. The average Bonchev–Trinajstić information content (AvgIpc) is 2.72. The van der Waals surface area contributed by atoms with E-state index in [4.69, 9.17) is 0 Å². The van der Waals surface area contributed by atoms with Gasteiger partial charge in [-0.2, -0.15) is 5.10 Å². The fourth-order valence-corrected chi connectivity index (χ4v) is 2.32. The van der Waals surface area contributed by atoms with E-state index in [1.54, 1.807) is 6.20 Å². The second-order valence-corrected chi connectivity index (χ2v) is 4.58. The van der Waals surface area contributed by atoms with Crippen molar-refractivity contribution in [1.29, 1.82) is 0 Å². The molecule has 0 radical (unpaired) electrons. The summed E-state index contributed by atoms with van der Waals surface area (Å²) < 4.78 is 1.88. The minimum atomic E-state index is 0.470. The number of aromatic nitrogens is 3. The van der Waals surface area contributed by atoms with E-state index in [1.165, 1.54) is 12.8 Å². The molecule has 0 bridgehead atoms. The molecule has 0 spiro atoms. The highest BCUT2D eigenvalue weighted by Gasteiger charge is 2.14. The van der Waals surface area contributed by atoms with Crippen LogP contribution in [0.25, 0.3) is 5.52 Å². The van der Waals surface area contributed by atoms with Crippen LogP contribution in [0.1, 0.15) is 18.5 Å². The van der Waals surface area contributed by atoms with Crippen LogP contribution in [0, 0.1) is 6.92 Å². The molecule has 0 saturated carbocycles. The van der Waals surface area contributed by atoms with Gasteiger partial charge in [0.2, 0.25) is 0 Å². The van der Waals surface area contributed by atoms with Crippen LogP contribution in [0.5, 0.6) is 0 Å². The summed E-state index contributed by atoms with van der Waals surface area (Å²) in [4.78, 5) is 4.41. The number of anilines is 1. The molecule has 1 aliphatic rings. The zero-order valence-corrected chi connectivity index (χ0v) is 9.98. The Hall–Kier alpha value is -1.62. The maximum atomic E-state index is 4.41. The summed E-state index contributed by atoms with van der Waals surface area (Å²) in [5, 5.41) is 11.3. The number of nitrogens with zero attached hydrogens (tertiary/aromatic N) is 3. The molecule has 5 nitrogen and oxygen atoms in total. The average molecular weight is 231 g/mol. The molecule has 3 rings (SSSR count). The number of fused-ring (bicyclic) bond motifs is 1. The van der Waals surface area contributed by atoms with Crippen LogP contribution >= 0.6 is 0 Å². The Morgan fingerprint density at radius 2 is 2.47 bits per heavy atom. The van der Waals surface area contributed by atoms with Crippen molar-refractivity contribution in [3.8, 4) is 0 Å². The van der Waals surface area contributed by atoms with Crippen LogP contribution in [0.3, 0.4) is 0 Å². The molecule has 2 aromatic rings. The third-order valence-corrected chi connectivity index (χ3v) is 3.15. The van der Waals surface area contributed by atoms with Gasteiger partial charge in [-0.15, -0.1) is 0 Å². The second-order valence-electron chi connectivity index (χ2n) is 4.58. The molecule has 3 heterocycles. The van der Waals surface area contributed by atoms with Crippen molar-refractivity contribution in [3.05, 3.63) is 24.2 Å². The Morgan fingerprint density at radius 1 is 1.53 bits per heavy atom. The summed E-state index contributed by atoms with van der Waals surface area (Å²) in [7, 11) is 0. The number of hydrogen-bond donors (Lipinski definition) is 2. The molecular formula is C12H17N5. The van der Waals surface area contributed by atoms with Gasteiger partial charge in [-0.05, 0) is 32.4 Å². The van der Waals surface area contributed by atoms with Crippen LogP contribution in [0.2, 0.25) is 0 Å². The van der Waals surface area contributed by atoms with Crippen LogP contribution in [-0.4, -0.2) is 33.7 Å². The van der Waals surface area contributed by atoms with Crippen LogP contribution in [-0.2, 0) is 0 Å². The summed E-state index contributed by atoms with van der Waals surface area (Å²) in [6, 6.07) is 2.53. The molecule has 0 aromatic carbocycles. The number of nitrogens with one attached hydrogen (secondary N) is 2. The molecule has 1 aliphatic heterocycles. The monoisotopic (exact) mass is 231 g/mol. The quantitative estimate of drug-likeness (QED) is 0.815. The summed E-state index contributed by atoms with van der Waals surface area (Å²) >= 11 is 0. The SMILES string of the molecule is Cc1cc2c(NC3CCCNC3)nccn2n1. The third kappa shape index (κ3) is 2.10. The third-order valence-electron chi connectivity index (χ3n) is 3.15. The summed E-state index contributed by atoms with van der Waals surface area (Å²) in [6.45, 7) is 4.14. The zero-order chi connectivity index (χ0) is 11.7. The number of aryl methyl sites for hydroxylation is 1. The Labute approximate surface area is 100 Å². The fraction of sp³-hybridized carbons (Fsp3) is 0.500. The Balaban J connectivity index is 1.88. The maximum Gasteiger partial charge on any atom is 0.152 e. The first-order chi connectivity index (χ1) is 8.33. The van der Waals surface area contributed by atoms with Gasteiger partial charge in [0.25, 0.3) is 0 Å². The van der Waals surface area contributed by atoms with Gasteiger partial charge < -0.3 is 10.6 Å². The van der Waals surface area contributed by atoms with Gasteiger partial charge in [0.15, 0.2) is 5.82 Å². The van der Waals surface area contributed by atoms with Gasteiger partial charge in [-0.3, -0.25) is 0 Å². The number of hydrogen-bond acceptors (Lipinski definition) is 4. The minimum Gasteiger partial charge on any atom is -0.364 e. The Kier molecular flexibility index (Phi) is 2.68. The lowest BCUT2D eigenvalue weighted by Gasteiger charge is -2.24. The fourth-order valence-electron chi connectivity index (χ4n) is 2.32. The second kappa shape index (κ2) is 4.33. The normalized spacial score (nSPS) is 20.6. The summed E-state index contributed by atoms with van der Waals surface area (Å²) in [5.74, 6) is 0.932. The molecule has 1 saturated heterocycles. The minimum absolute atomic E-state index is 0.470. The number of piperidine rings is 1. The largest absolute Gasteiger partial charge is 0.364 e. The van der Waals surface area contributed by atoms with Gasteiger partial charge in [0.05, 0.1) is 5.69 Å². The molecule has 2 N–H and O–H groups in total. The van der Waals surface area contributed by atoms with Crippen molar-refractivity contribution < 1.29 is 0 Å². The van der Waals surface area contributed by atoms with Crippen molar-refractivity contribution in [2.45, 2.75) is 25.8 Å². The van der Waals surface area contributed by atoms with E-state index in [0.717, 1.165) is 30.1 Å². The number of rotatable bonds is 2. The molecule has 1 atom stereocenters. The van der Waals surface area contributed by atoms with Crippen molar-refractivity contribution in [2.75, 3.05) is 18.4 Å². The van der Waals surface area contributed by atoms with E-state index in [1.807, 2.05) is 17.6 Å². The van der Waals surface area contributed by atoms with Gasteiger partial charge in [-0.25, -0.2) is 9.50 Å². The van der Waals surface area contributed by atoms with Crippen LogP contribution in [0.4, 0.5) is 5.82 Å². The van der Waals surface area contributed by atoms with Crippen molar-refractivity contribution >= 4 is 11.3 Å². The van der Waals surface area contributed by atoms with E-state index < -0.39 is 0 Å². The topological polar surface area (TPSA) is 54.2 Å². The lowest BCUT2D eigenvalue weighted by atomic mass is 10.1. The first kappa shape index (κ1) is 10.5. The highest BCUT2D eigenvalue weighted by atomic mass is 15.2. The molecule has 1 unspecified atom stereocenters. The lowest BCUT2D eigenvalue weighted by molar-refractivity contribution is 0.479.